The molecule has 0 heterocycles. The van der Waals surface area contributed by atoms with Crippen molar-refractivity contribution in [2.45, 2.75) is 19.8 Å². The van der Waals surface area contributed by atoms with Crippen molar-refractivity contribution in [1.29, 1.82) is 0 Å². The van der Waals surface area contributed by atoms with Crippen LogP contribution in [0.15, 0.2) is 24.3 Å². The molecule has 0 saturated carbocycles. The fourth-order valence-corrected chi connectivity index (χ4v) is 1.83. The second-order valence-corrected chi connectivity index (χ2v) is 5.30. The van der Waals surface area contributed by atoms with Crippen molar-refractivity contribution in [3.05, 3.63) is 29.8 Å². The highest BCUT2D eigenvalue weighted by molar-refractivity contribution is 7.89. The largest absolute Gasteiger partial charge is 0.494 e. The van der Waals surface area contributed by atoms with Gasteiger partial charge in [-0.1, -0.05) is 19.1 Å². The molecular formula is C11H17NO3S. The Morgan fingerprint density at radius 1 is 1.38 bits per heavy atom. The van der Waals surface area contributed by atoms with Crippen molar-refractivity contribution in [1.82, 2.24) is 0 Å². The van der Waals surface area contributed by atoms with E-state index in [1.54, 1.807) is 0 Å². The lowest BCUT2D eigenvalue weighted by molar-refractivity contribution is 0.317. The first-order valence-corrected chi connectivity index (χ1v) is 6.95. The standard InChI is InChI=1S/C11H17NO3S/c1-2-10-5-3-6-11(9-10)15-7-4-8-16(12,13)14/h3,5-6,9H,2,4,7-8H2,1H3,(H2,12,13,14). The Morgan fingerprint density at radius 3 is 2.75 bits per heavy atom. The van der Waals surface area contributed by atoms with Gasteiger partial charge in [-0.25, -0.2) is 13.6 Å². The normalized spacial score (nSPS) is 11.4. The number of hydrogen-bond donors (Lipinski definition) is 1. The zero-order valence-electron chi connectivity index (χ0n) is 9.35. The van der Waals surface area contributed by atoms with Crippen molar-refractivity contribution in [3.63, 3.8) is 0 Å². The van der Waals surface area contributed by atoms with E-state index in [0.717, 1.165) is 12.2 Å². The highest BCUT2D eigenvalue weighted by Crippen LogP contribution is 2.13. The molecule has 0 radical (unpaired) electrons. The summed E-state index contributed by atoms with van der Waals surface area (Å²) in [4.78, 5) is 0. The number of primary sulfonamides is 1. The second kappa shape index (κ2) is 5.86. The average Bonchev–Trinajstić information content (AvgIpc) is 2.23. The molecule has 1 aromatic carbocycles. The maximum Gasteiger partial charge on any atom is 0.209 e. The molecule has 0 unspecified atom stereocenters. The molecule has 90 valence electrons. The Bertz CT molecular complexity index is 429. The SMILES string of the molecule is CCc1cccc(OCCCS(N)(=O)=O)c1. The van der Waals surface area contributed by atoms with E-state index in [-0.39, 0.29) is 5.75 Å². The van der Waals surface area contributed by atoms with Crippen LogP contribution in [0.1, 0.15) is 18.9 Å². The van der Waals surface area contributed by atoms with E-state index in [2.05, 4.69) is 6.92 Å². The van der Waals surface area contributed by atoms with E-state index >= 15 is 0 Å². The predicted octanol–water partition coefficient (Wildman–Crippen LogP) is 1.31. The van der Waals surface area contributed by atoms with Gasteiger partial charge in [0, 0.05) is 0 Å². The summed E-state index contributed by atoms with van der Waals surface area (Å²) in [5.41, 5.74) is 1.20. The van der Waals surface area contributed by atoms with E-state index in [1.165, 1.54) is 5.56 Å². The van der Waals surface area contributed by atoms with Crippen LogP contribution in [0, 0.1) is 0 Å². The van der Waals surface area contributed by atoms with Crippen molar-refractivity contribution >= 4 is 10.0 Å². The third kappa shape index (κ3) is 5.14. The van der Waals surface area contributed by atoms with Crippen LogP contribution < -0.4 is 9.88 Å². The Labute approximate surface area is 96.5 Å². The number of rotatable bonds is 6. The Morgan fingerprint density at radius 2 is 2.12 bits per heavy atom. The van der Waals surface area contributed by atoms with E-state index in [9.17, 15) is 8.42 Å². The number of sulfonamides is 1. The summed E-state index contributed by atoms with van der Waals surface area (Å²) < 4.78 is 26.8. The van der Waals surface area contributed by atoms with Gasteiger partial charge in [-0.2, -0.15) is 0 Å². The molecule has 0 aromatic heterocycles. The molecule has 1 aromatic rings. The Balaban J connectivity index is 2.37. The first-order valence-electron chi connectivity index (χ1n) is 5.23. The molecule has 16 heavy (non-hydrogen) atoms. The van der Waals surface area contributed by atoms with Crippen LogP contribution in [0.4, 0.5) is 0 Å². The van der Waals surface area contributed by atoms with Crippen LogP contribution in [0.5, 0.6) is 5.75 Å². The van der Waals surface area contributed by atoms with Gasteiger partial charge in [0.15, 0.2) is 0 Å². The maximum absolute atomic E-state index is 10.7. The molecule has 0 aliphatic rings. The zero-order valence-corrected chi connectivity index (χ0v) is 10.2. The van der Waals surface area contributed by atoms with Gasteiger partial charge in [-0.05, 0) is 30.5 Å². The summed E-state index contributed by atoms with van der Waals surface area (Å²) in [6.45, 7) is 2.43. The van der Waals surface area contributed by atoms with Crippen LogP contribution in [0.25, 0.3) is 0 Å². The van der Waals surface area contributed by atoms with Crippen molar-refractivity contribution in [2.75, 3.05) is 12.4 Å². The van der Waals surface area contributed by atoms with Gasteiger partial charge in [0.2, 0.25) is 10.0 Å². The van der Waals surface area contributed by atoms with Gasteiger partial charge in [0.05, 0.1) is 12.4 Å². The molecule has 0 saturated heterocycles. The lowest BCUT2D eigenvalue weighted by Gasteiger charge is -2.06. The minimum atomic E-state index is -3.37. The number of ether oxygens (including phenoxy) is 1. The molecule has 0 atom stereocenters. The third-order valence-electron chi connectivity index (χ3n) is 2.15. The summed E-state index contributed by atoms with van der Waals surface area (Å²) in [5.74, 6) is 0.731. The molecule has 0 bridgehead atoms. The lowest BCUT2D eigenvalue weighted by Crippen LogP contribution is -2.18. The molecule has 4 nitrogen and oxygen atoms in total. The molecular weight excluding hydrogens is 226 g/mol. The van der Waals surface area contributed by atoms with Gasteiger partial charge in [0.1, 0.15) is 5.75 Å². The fraction of sp³-hybridized carbons (Fsp3) is 0.455. The van der Waals surface area contributed by atoms with Gasteiger partial charge in [-0.3, -0.25) is 0 Å². The highest BCUT2D eigenvalue weighted by Gasteiger charge is 2.02. The third-order valence-corrected chi connectivity index (χ3v) is 3.01. The van der Waals surface area contributed by atoms with Crippen molar-refractivity contribution < 1.29 is 13.2 Å². The quantitative estimate of drug-likeness (QED) is 0.766. The molecule has 0 fully saturated rings. The Kier molecular flexibility index (Phi) is 4.76. The molecule has 0 spiro atoms. The van der Waals surface area contributed by atoms with E-state index in [4.69, 9.17) is 9.88 Å². The minimum Gasteiger partial charge on any atom is -0.494 e. The number of hydrogen-bond acceptors (Lipinski definition) is 3. The van der Waals surface area contributed by atoms with Gasteiger partial charge >= 0.3 is 0 Å². The first kappa shape index (κ1) is 13.0. The predicted molar refractivity (Wildman–Crippen MR) is 63.9 cm³/mol. The average molecular weight is 243 g/mol. The van der Waals surface area contributed by atoms with Crippen LogP contribution >= 0.6 is 0 Å². The topological polar surface area (TPSA) is 69.4 Å². The van der Waals surface area contributed by atoms with E-state index in [0.29, 0.717) is 13.0 Å². The molecule has 5 heteroatoms. The first-order chi connectivity index (χ1) is 7.51. The van der Waals surface area contributed by atoms with Crippen LogP contribution in [0.3, 0.4) is 0 Å². The van der Waals surface area contributed by atoms with Gasteiger partial charge in [0.25, 0.3) is 0 Å². The van der Waals surface area contributed by atoms with Crippen LogP contribution in [0.2, 0.25) is 0 Å². The Hall–Kier alpha value is -1.07. The molecule has 0 aliphatic carbocycles. The highest BCUT2D eigenvalue weighted by atomic mass is 32.2. The summed E-state index contributed by atoms with van der Waals surface area (Å²) in [5, 5.41) is 4.88. The summed E-state index contributed by atoms with van der Waals surface area (Å²) >= 11 is 0. The summed E-state index contributed by atoms with van der Waals surface area (Å²) in [6.07, 6.45) is 1.36. The van der Waals surface area contributed by atoms with Gasteiger partial charge in [-0.15, -0.1) is 0 Å². The number of benzene rings is 1. The fourth-order valence-electron chi connectivity index (χ4n) is 1.31. The summed E-state index contributed by atoms with van der Waals surface area (Å²) in [7, 11) is -3.37. The second-order valence-electron chi connectivity index (χ2n) is 3.57. The smallest absolute Gasteiger partial charge is 0.209 e. The van der Waals surface area contributed by atoms with E-state index in [1.807, 2.05) is 24.3 Å². The number of nitrogens with two attached hydrogens (primary N) is 1. The van der Waals surface area contributed by atoms with E-state index < -0.39 is 10.0 Å². The maximum atomic E-state index is 10.7. The molecule has 0 amide bonds. The summed E-state index contributed by atoms with van der Waals surface area (Å²) in [6, 6.07) is 7.76. The lowest BCUT2D eigenvalue weighted by atomic mass is 10.2. The van der Waals surface area contributed by atoms with Crippen LogP contribution in [-0.2, 0) is 16.4 Å². The van der Waals surface area contributed by atoms with Gasteiger partial charge < -0.3 is 4.74 Å². The monoisotopic (exact) mass is 243 g/mol. The minimum absolute atomic E-state index is 0.0412. The van der Waals surface area contributed by atoms with Crippen molar-refractivity contribution in [3.8, 4) is 5.75 Å². The zero-order chi connectivity index (χ0) is 12.0. The molecule has 2 N–H and O–H groups in total. The van der Waals surface area contributed by atoms with Crippen LogP contribution in [-0.4, -0.2) is 20.8 Å². The number of aryl methyl sites for hydroxylation is 1. The van der Waals surface area contributed by atoms with Crippen molar-refractivity contribution in [2.24, 2.45) is 5.14 Å². The molecule has 1 rings (SSSR count). The molecule has 0 aliphatic heterocycles.